The van der Waals surface area contributed by atoms with Crippen molar-refractivity contribution >= 4 is 22.7 Å². The Hall–Kier alpha value is -2.10. The summed E-state index contributed by atoms with van der Waals surface area (Å²) in [6, 6.07) is 9.18. The van der Waals surface area contributed by atoms with Crippen LogP contribution in [0.3, 0.4) is 0 Å². The molecular weight excluding hydrogens is 240 g/mol. The fourth-order valence-corrected chi connectivity index (χ4v) is 2.18. The fourth-order valence-electron chi connectivity index (χ4n) is 2.18. The van der Waals surface area contributed by atoms with E-state index in [4.69, 9.17) is 0 Å². The Labute approximate surface area is 112 Å². The maximum atomic E-state index is 11.3. The zero-order chi connectivity index (χ0) is 13.8. The number of aromatic nitrogens is 1. The normalized spacial score (nSPS) is 12.3. The average Bonchev–Trinajstić information content (AvgIpc) is 2.37. The molecule has 0 aliphatic rings. The lowest BCUT2D eigenvalue weighted by Gasteiger charge is -2.14. The largest absolute Gasteiger partial charge is 0.478 e. The van der Waals surface area contributed by atoms with Crippen LogP contribution in [0.25, 0.3) is 10.9 Å². The van der Waals surface area contributed by atoms with Crippen molar-refractivity contribution in [1.82, 2.24) is 4.98 Å². The first-order valence-electron chi connectivity index (χ1n) is 6.51. The van der Waals surface area contributed by atoms with Gasteiger partial charge in [0, 0.05) is 11.4 Å². The number of para-hydroxylation sites is 1. The highest BCUT2D eigenvalue weighted by atomic mass is 16.4. The molecule has 0 amide bonds. The van der Waals surface area contributed by atoms with Crippen LogP contribution in [0.2, 0.25) is 0 Å². The van der Waals surface area contributed by atoms with E-state index in [-0.39, 0.29) is 11.6 Å². The zero-order valence-electron chi connectivity index (χ0n) is 11.2. The Bertz CT molecular complexity index is 596. The summed E-state index contributed by atoms with van der Waals surface area (Å²) in [4.78, 5) is 15.8. The summed E-state index contributed by atoms with van der Waals surface area (Å²) in [6.45, 7) is 4.19. The molecule has 0 saturated heterocycles. The van der Waals surface area contributed by atoms with Crippen molar-refractivity contribution in [2.45, 2.75) is 32.7 Å². The Morgan fingerprint density at radius 3 is 2.84 bits per heavy atom. The number of carboxylic acids is 1. The van der Waals surface area contributed by atoms with Crippen LogP contribution in [0.1, 0.15) is 37.0 Å². The van der Waals surface area contributed by atoms with E-state index in [0.717, 1.165) is 12.8 Å². The summed E-state index contributed by atoms with van der Waals surface area (Å²) in [7, 11) is 0. The standard InChI is InChI=1S/C15H18N2O2/c1-3-6-10(2)16-14-9-12(15(18)19)11-7-4-5-8-13(11)17-14/h4-5,7-10H,3,6H2,1-2H3,(H,16,17)(H,18,19). The first-order valence-corrected chi connectivity index (χ1v) is 6.51. The second kappa shape index (κ2) is 5.69. The third-order valence-corrected chi connectivity index (χ3v) is 3.06. The van der Waals surface area contributed by atoms with E-state index in [2.05, 4.69) is 24.1 Å². The Kier molecular flexibility index (Phi) is 4.00. The number of hydrogen-bond donors (Lipinski definition) is 2. The molecule has 1 unspecified atom stereocenters. The van der Waals surface area contributed by atoms with E-state index in [1.54, 1.807) is 12.1 Å². The van der Waals surface area contributed by atoms with Gasteiger partial charge in [-0.05, 0) is 25.5 Å². The van der Waals surface area contributed by atoms with Crippen LogP contribution in [0.15, 0.2) is 30.3 Å². The lowest BCUT2D eigenvalue weighted by Crippen LogP contribution is -2.16. The van der Waals surface area contributed by atoms with Crippen molar-refractivity contribution in [2.75, 3.05) is 5.32 Å². The van der Waals surface area contributed by atoms with Crippen LogP contribution in [0.4, 0.5) is 5.82 Å². The first kappa shape index (κ1) is 13.3. The van der Waals surface area contributed by atoms with Crippen molar-refractivity contribution in [3.8, 4) is 0 Å². The van der Waals surface area contributed by atoms with Crippen molar-refractivity contribution in [2.24, 2.45) is 0 Å². The van der Waals surface area contributed by atoms with E-state index in [1.165, 1.54) is 0 Å². The fraction of sp³-hybridized carbons (Fsp3) is 0.333. The maximum Gasteiger partial charge on any atom is 0.336 e. The minimum absolute atomic E-state index is 0.278. The number of pyridine rings is 1. The van der Waals surface area contributed by atoms with Crippen LogP contribution in [0.5, 0.6) is 0 Å². The van der Waals surface area contributed by atoms with Gasteiger partial charge < -0.3 is 10.4 Å². The second-order valence-electron chi connectivity index (χ2n) is 4.71. The number of carboxylic acid groups (broad SMARTS) is 1. The molecule has 1 aromatic heterocycles. The molecule has 0 saturated carbocycles. The SMILES string of the molecule is CCCC(C)Nc1cc(C(=O)O)c2ccccc2n1. The molecule has 0 aliphatic carbocycles. The Morgan fingerprint density at radius 1 is 1.42 bits per heavy atom. The van der Waals surface area contributed by atoms with Crippen LogP contribution in [-0.4, -0.2) is 22.1 Å². The van der Waals surface area contributed by atoms with Gasteiger partial charge in [-0.15, -0.1) is 0 Å². The minimum Gasteiger partial charge on any atom is -0.478 e. The van der Waals surface area contributed by atoms with Gasteiger partial charge in [-0.25, -0.2) is 9.78 Å². The van der Waals surface area contributed by atoms with Gasteiger partial charge in [0.2, 0.25) is 0 Å². The third-order valence-electron chi connectivity index (χ3n) is 3.06. The number of anilines is 1. The summed E-state index contributed by atoms with van der Waals surface area (Å²) in [5.74, 6) is -0.304. The van der Waals surface area contributed by atoms with Gasteiger partial charge in [0.1, 0.15) is 5.82 Å². The van der Waals surface area contributed by atoms with Crippen LogP contribution in [0, 0.1) is 0 Å². The molecule has 4 nitrogen and oxygen atoms in total. The molecule has 2 N–H and O–H groups in total. The van der Waals surface area contributed by atoms with E-state index in [0.29, 0.717) is 16.7 Å². The highest BCUT2D eigenvalue weighted by Gasteiger charge is 2.12. The molecule has 0 spiro atoms. The monoisotopic (exact) mass is 258 g/mol. The number of hydrogen-bond acceptors (Lipinski definition) is 3. The zero-order valence-corrected chi connectivity index (χ0v) is 11.2. The first-order chi connectivity index (χ1) is 9.11. The van der Waals surface area contributed by atoms with Crippen LogP contribution < -0.4 is 5.32 Å². The number of fused-ring (bicyclic) bond motifs is 1. The smallest absolute Gasteiger partial charge is 0.336 e. The van der Waals surface area contributed by atoms with Gasteiger partial charge >= 0.3 is 5.97 Å². The maximum absolute atomic E-state index is 11.3. The molecule has 1 heterocycles. The predicted molar refractivity (Wildman–Crippen MR) is 76.7 cm³/mol. The minimum atomic E-state index is -0.926. The van der Waals surface area contributed by atoms with Gasteiger partial charge in [0.05, 0.1) is 11.1 Å². The summed E-state index contributed by atoms with van der Waals surface area (Å²) in [5, 5.41) is 13.2. The van der Waals surface area contributed by atoms with Crippen molar-refractivity contribution in [3.63, 3.8) is 0 Å². The van der Waals surface area contributed by atoms with Gasteiger partial charge in [0.15, 0.2) is 0 Å². The topological polar surface area (TPSA) is 62.2 Å². The highest BCUT2D eigenvalue weighted by Crippen LogP contribution is 2.21. The highest BCUT2D eigenvalue weighted by molar-refractivity contribution is 6.03. The lowest BCUT2D eigenvalue weighted by atomic mass is 10.1. The summed E-state index contributed by atoms with van der Waals surface area (Å²) in [5.41, 5.74) is 0.991. The molecule has 0 radical (unpaired) electrons. The summed E-state index contributed by atoms with van der Waals surface area (Å²) in [6.07, 6.45) is 2.10. The molecule has 4 heteroatoms. The molecule has 0 aliphatic heterocycles. The number of nitrogens with zero attached hydrogens (tertiary/aromatic N) is 1. The summed E-state index contributed by atoms with van der Waals surface area (Å²) >= 11 is 0. The molecular formula is C15H18N2O2. The van der Waals surface area contributed by atoms with Gasteiger partial charge in [0.25, 0.3) is 0 Å². The van der Waals surface area contributed by atoms with Gasteiger partial charge in [-0.3, -0.25) is 0 Å². The van der Waals surface area contributed by atoms with E-state index in [9.17, 15) is 9.90 Å². The van der Waals surface area contributed by atoms with Crippen molar-refractivity contribution in [1.29, 1.82) is 0 Å². The number of aromatic carboxylic acids is 1. The third kappa shape index (κ3) is 3.02. The molecule has 2 aromatic rings. The Morgan fingerprint density at radius 2 is 2.16 bits per heavy atom. The number of nitrogens with one attached hydrogen (secondary N) is 1. The van der Waals surface area contributed by atoms with E-state index < -0.39 is 5.97 Å². The van der Waals surface area contributed by atoms with Crippen LogP contribution >= 0.6 is 0 Å². The molecule has 19 heavy (non-hydrogen) atoms. The molecule has 0 fully saturated rings. The van der Waals surface area contributed by atoms with Gasteiger partial charge in [-0.2, -0.15) is 0 Å². The Balaban J connectivity index is 2.43. The van der Waals surface area contributed by atoms with E-state index in [1.807, 2.05) is 18.2 Å². The second-order valence-corrected chi connectivity index (χ2v) is 4.71. The van der Waals surface area contributed by atoms with E-state index >= 15 is 0 Å². The molecule has 0 bridgehead atoms. The molecule has 1 atom stereocenters. The average molecular weight is 258 g/mol. The summed E-state index contributed by atoms with van der Waals surface area (Å²) < 4.78 is 0. The molecule has 2 rings (SSSR count). The number of carbonyl (C=O) groups is 1. The molecule has 100 valence electrons. The quantitative estimate of drug-likeness (QED) is 0.861. The van der Waals surface area contributed by atoms with Gasteiger partial charge in [-0.1, -0.05) is 31.5 Å². The number of benzene rings is 1. The van der Waals surface area contributed by atoms with Crippen LogP contribution in [-0.2, 0) is 0 Å². The van der Waals surface area contributed by atoms with Crippen molar-refractivity contribution in [3.05, 3.63) is 35.9 Å². The predicted octanol–water partition coefficient (Wildman–Crippen LogP) is 3.53. The lowest BCUT2D eigenvalue weighted by molar-refractivity contribution is 0.0699. The van der Waals surface area contributed by atoms with Crippen molar-refractivity contribution < 1.29 is 9.90 Å². The molecule has 1 aromatic carbocycles. The number of rotatable bonds is 5.